The number of benzene rings is 2. The third kappa shape index (κ3) is 3.68. The Morgan fingerprint density at radius 3 is 2.70 bits per heavy atom. The first-order valence-corrected chi connectivity index (χ1v) is 8.85. The quantitative estimate of drug-likeness (QED) is 0.698. The Morgan fingerprint density at radius 2 is 1.91 bits per heavy atom. The van der Waals surface area contributed by atoms with Crippen LogP contribution in [0, 0.1) is 6.92 Å². The summed E-state index contributed by atoms with van der Waals surface area (Å²) in [5.74, 6) is -0.108. The maximum Gasteiger partial charge on any atom is 0.252 e. The van der Waals surface area contributed by atoms with Gasteiger partial charge in [-0.2, -0.15) is 0 Å². The van der Waals surface area contributed by atoms with Crippen LogP contribution in [-0.2, 0) is 6.54 Å². The van der Waals surface area contributed by atoms with Crippen molar-refractivity contribution >= 4 is 33.2 Å². The molecule has 3 nitrogen and oxygen atoms in total. The number of hydrogen-bond acceptors (Lipinski definition) is 3. The molecular formula is C18H15BrN2OS. The van der Waals surface area contributed by atoms with Gasteiger partial charge >= 0.3 is 0 Å². The van der Waals surface area contributed by atoms with E-state index in [4.69, 9.17) is 0 Å². The SMILES string of the molecule is Cc1ccccc1-c1nc(CNC(=O)c2ccccc2Br)cs1. The summed E-state index contributed by atoms with van der Waals surface area (Å²) in [4.78, 5) is 16.8. The van der Waals surface area contributed by atoms with Crippen LogP contribution < -0.4 is 5.32 Å². The summed E-state index contributed by atoms with van der Waals surface area (Å²) >= 11 is 4.99. The zero-order chi connectivity index (χ0) is 16.2. The van der Waals surface area contributed by atoms with E-state index in [2.05, 4.69) is 45.3 Å². The van der Waals surface area contributed by atoms with Crippen molar-refractivity contribution in [2.75, 3.05) is 0 Å². The van der Waals surface area contributed by atoms with Crippen LogP contribution in [-0.4, -0.2) is 10.9 Å². The minimum absolute atomic E-state index is 0.108. The van der Waals surface area contributed by atoms with Gasteiger partial charge in [0.2, 0.25) is 0 Å². The van der Waals surface area contributed by atoms with E-state index in [0.717, 1.165) is 20.7 Å². The van der Waals surface area contributed by atoms with E-state index in [-0.39, 0.29) is 5.91 Å². The number of nitrogens with zero attached hydrogens (tertiary/aromatic N) is 1. The molecule has 0 saturated heterocycles. The molecule has 0 atom stereocenters. The highest BCUT2D eigenvalue weighted by molar-refractivity contribution is 9.10. The van der Waals surface area contributed by atoms with Crippen LogP contribution in [0.2, 0.25) is 0 Å². The van der Waals surface area contributed by atoms with Crippen LogP contribution in [0.25, 0.3) is 10.6 Å². The molecule has 0 aliphatic carbocycles. The molecule has 1 heterocycles. The van der Waals surface area contributed by atoms with Gasteiger partial charge in [-0.15, -0.1) is 11.3 Å². The summed E-state index contributed by atoms with van der Waals surface area (Å²) in [6.07, 6.45) is 0. The molecule has 2 aromatic carbocycles. The highest BCUT2D eigenvalue weighted by Crippen LogP contribution is 2.26. The topological polar surface area (TPSA) is 42.0 Å². The number of amides is 1. The van der Waals surface area contributed by atoms with Gasteiger partial charge in [-0.25, -0.2) is 4.98 Å². The zero-order valence-electron chi connectivity index (χ0n) is 12.5. The Labute approximate surface area is 147 Å². The average Bonchev–Trinajstić information content (AvgIpc) is 3.02. The van der Waals surface area contributed by atoms with Gasteiger partial charge in [-0.1, -0.05) is 36.4 Å². The predicted octanol–water partition coefficient (Wildman–Crippen LogP) is 4.81. The van der Waals surface area contributed by atoms with Gasteiger partial charge in [0.05, 0.1) is 17.8 Å². The maximum atomic E-state index is 12.2. The summed E-state index contributed by atoms with van der Waals surface area (Å²) in [5.41, 5.74) is 3.84. The van der Waals surface area contributed by atoms with Crippen LogP contribution in [0.4, 0.5) is 0 Å². The van der Waals surface area contributed by atoms with Gasteiger partial charge in [0.25, 0.3) is 5.91 Å². The number of thiazole rings is 1. The van der Waals surface area contributed by atoms with Crippen LogP contribution in [0.3, 0.4) is 0 Å². The molecule has 1 N–H and O–H groups in total. The molecule has 0 aliphatic heterocycles. The summed E-state index contributed by atoms with van der Waals surface area (Å²) in [6.45, 7) is 2.49. The van der Waals surface area contributed by atoms with Crippen molar-refractivity contribution in [1.82, 2.24) is 10.3 Å². The Balaban J connectivity index is 1.70. The van der Waals surface area contributed by atoms with E-state index < -0.39 is 0 Å². The fourth-order valence-corrected chi connectivity index (χ4v) is 3.61. The highest BCUT2D eigenvalue weighted by atomic mass is 79.9. The second kappa shape index (κ2) is 7.06. The Kier molecular flexibility index (Phi) is 4.88. The largest absolute Gasteiger partial charge is 0.346 e. The van der Waals surface area contributed by atoms with Gasteiger partial charge in [0.15, 0.2) is 0 Å². The minimum Gasteiger partial charge on any atom is -0.346 e. The summed E-state index contributed by atoms with van der Waals surface area (Å²) < 4.78 is 0.788. The molecule has 3 aromatic rings. The number of halogens is 1. The van der Waals surface area contributed by atoms with Gasteiger partial charge in [-0.05, 0) is 40.5 Å². The molecule has 1 amide bonds. The molecule has 3 rings (SSSR count). The Bertz CT molecular complexity index is 844. The number of carbonyl (C=O) groups excluding carboxylic acids is 1. The zero-order valence-corrected chi connectivity index (χ0v) is 14.9. The van der Waals surface area contributed by atoms with Crippen molar-refractivity contribution in [2.24, 2.45) is 0 Å². The Morgan fingerprint density at radius 1 is 1.17 bits per heavy atom. The molecule has 0 saturated carbocycles. The number of rotatable bonds is 4. The lowest BCUT2D eigenvalue weighted by Crippen LogP contribution is -2.23. The van der Waals surface area contributed by atoms with Crippen LogP contribution in [0.1, 0.15) is 21.6 Å². The molecule has 23 heavy (non-hydrogen) atoms. The van der Waals surface area contributed by atoms with Crippen molar-refractivity contribution in [1.29, 1.82) is 0 Å². The molecule has 0 unspecified atom stereocenters. The van der Waals surface area contributed by atoms with E-state index in [1.807, 2.05) is 35.7 Å². The van der Waals surface area contributed by atoms with E-state index in [0.29, 0.717) is 12.1 Å². The van der Waals surface area contributed by atoms with Crippen LogP contribution >= 0.6 is 27.3 Å². The molecule has 0 fully saturated rings. The van der Waals surface area contributed by atoms with Gasteiger partial charge < -0.3 is 5.32 Å². The van der Waals surface area contributed by atoms with Crippen molar-refractivity contribution in [3.8, 4) is 10.6 Å². The third-order valence-corrected chi connectivity index (χ3v) is 5.09. The van der Waals surface area contributed by atoms with Crippen molar-refractivity contribution in [2.45, 2.75) is 13.5 Å². The Hall–Kier alpha value is -1.98. The smallest absolute Gasteiger partial charge is 0.252 e. The van der Waals surface area contributed by atoms with Crippen LogP contribution in [0.15, 0.2) is 58.4 Å². The number of carbonyl (C=O) groups is 1. The standard InChI is InChI=1S/C18H15BrN2OS/c1-12-6-2-3-7-14(12)18-21-13(11-23-18)10-20-17(22)15-8-4-5-9-16(15)19/h2-9,11H,10H2,1H3,(H,20,22). The van der Waals surface area contributed by atoms with Gasteiger partial charge in [0, 0.05) is 15.4 Å². The monoisotopic (exact) mass is 386 g/mol. The van der Waals surface area contributed by atoms with Crippen molar-refractivity contribution < 1.29 is 4.79 Å². The van der Waals surface area contributed by atoms with E-state index in [1.54, 1.807) is 17.4 Å². The molecule has 0 aliphatic rings. The lowest BCUT2D eigenvalue weighted by atomic mass is 10.1. The third-order valence-electron chi connectivity index (χ3n) is 3.48. The fourth-order valence-electron chi connectivity index (χ4n) is 2.24. The van der Waals surface area contributed by atoms with E-state index in [1.165, 1.54) is 5.56 Å². The van der Waals surface area contributed by atoms with Crippen LogP contribution in [0.5, 0.6) is 0 Å². The normalized spacial score (nSPS) is 10.5. The average molecular weight is 387 g/mol. The number of nitrogens with one attached hydrogen (secondary N) is 1. The van der Waals surface area contributed by atoms with E-state index in [9.17, 15) is 4.79 Å². The first-order valence-electron chi connectivity index (χ1n) is 7.18. The fraction of sp³-hybridized carbons (Fsp3) is 0.111. The maximum absolute atomic E-state index is 12.2. The molecule has 0 radical (unpaired) electrons. The predicted molar refractivity (Wildman–Crippen MR) is 97.6 cm³/mol. The molecule has 0 spiro atoms. The summed E-state index contributed by atoms with van der Waals surface area (Å²) in [6, 6.07) is 15.5. The summed E-state index contributed by atoms with van der Waals surface area (Å²) in [5, 5.41) is 5.88. The van der Waals surface area contributed by atoms with E-state index >= 15 is 0 Å². The number of hydrogen-bond donors (Lipinski definition) is 1. The first kappa shape index (κ1) is 15.9. The minimum atomic E-state index is -0.108. The number of aryl methyl sites for hydroxylation is 1. The lowest BCUT2D eigenvalue weighted by molar-refractivity contribution is 0.0949. The lowest BCUT2D eigenvalue weighted by Gasteiger charge is -2.05. The van der Waals surface area contributed by atoms with Gasteiger partial charge in [0.1, 0.15) is 5.01 Å². The summed E-state index contributed by atoms with van der Waals surface area (Å²) in [7, 11) is 0. The molecule has 5 heteroatoms. The highest BCUT2D eigenvalue weighted by Gasteiger charge is 2.11. The second-order valence-corrected chi connectivity index (χ2v) is 6.83. The number of aromatic nitrogens is 1. The first-order chi connectivity index (χ1) is 11.1. The molecule has 116 valence electrons. The van der Waals surface area contributed by atoms with Crippen molar-refractivity contribution in [3.63, 3.8) is 0 Å². The second-order valence-electron chi connectivity index (χ2n) is 5.12. The van der Waals surface area contributed by atoms with Gasteiger partial charge in [-0.3, -0.25) is 4.79 Å². The molecule has 0 bridgehead atoms. The molecule has 1 aromatic heterocycles. The molecular weight excluding hydrogens is 372 g/mol. The van der Waals surface area contributed by atoms with Crippen molar-refractivity contribution in [3.05, 3.63) is 75.2 Å².